The van der Waals surface area contributed by atoms with E-state index in [2.05, 4.69) is 5.32 Å². The van der Waals surface area contributed by atoms with Crippen LogP contribution in [-0.4, -0.2) is 5.88 Å². The fourth-order valence-electron chi connectivity index (χ4n) is 1.76. The molecule has 0 aliphatic carbocycles. The smallest absolute Gasteiger partial charge is 0.129 e. The Hall–Kier alpha value is -1.25. The molecule has 0 saturated heterocycles. The summed E-state index contributed by atoms with van der Waals surface area (Å²) >= 11 is 11.4. The number of hydrogen-bond donors (Lipinski definition) is 1. The average Bonchev–Trinajstić information content (AvgIpc) is 2.40. The van der Waals surface area contributed by atoms with Crippen LogP contribution in [0.5, 0.6) is 0 Å². The van der Waals surface area contributed by atoms with Crippen LogP contribution in [0.1, 0.15) is 11.1 Å². The third-order valence-corrected chi connectivity index (χ3v) is 3.26. The van der Waals surface area contributed by atoms with Crippen LogP contribution in [0.15, 0.2) is 42.5 Å². The van der Waals surface area contributed by atoms with Gasteiger partial charge in [-0.05, 0) is 36.2 Å². The van der Waals surface area contributed by atoms with Gasteiger partial charge in [-0.15, -0.1) is 11.6 Å². The number of benzene rings is 2. The summed E-state index contributed by atoms with van der Waals surface area (Å²) in [6.45, 7) is 0.428. The van der Waals surface area contributed by atoms with Crippen molar-refractivity contribution in [1.82, 2.24) is 0 Å². The van der Waals surface area contributed by atoms with E-state index in [1.165, 1.54) is 11.6 Å². The van der Waals surface area contributed by atoms with Crippen LogP contribution in [0.2, 0.25) is 5.02 Å². The molecule has 4 heteroatoms. The maximum atomic E-state index is 13.6. The van der Waals surface area contributed by atoms with Gasteiger partial charge in [0.1, 0.15) is 5.82 Å². The molecule has 0 bridgehead atoms. The maximum Gasteiger partial charge on any atom is 0.129 e. The van der Waals surface area contributed by atoms with Crippen molar-refractivity contribution in [3.63, 3.8) is 0 Å². The number of alkyl halides is 1. The molecule has 0 aliphatic rings. The molecule has 2 aromatic carbocycles. The minimum atomic E-state index is -0.293. The molecule has 0 fully saturated rings. The van der Waals surface area contributed by atoms with Crippen molar-refractivity contribution < 1.29 is 4.39 Å². The van der Waals surface area contributed by atoms with E-state index in [1.807, 2.05) is 24.3 Å². The summed E-state index contributed by atoms with van der Waals surface area (Å²) in [7, 11) is 0. The summed E-state index contributed by atoms with van der Waals surface area (Å²) in [6, 6.07) is 12.7. The standard InChI is InChI=1S/C15H14Cl2FN/c16-8-7-11-1-5-14(6-2-11)19-10-12-3-4-13(17)9-15(12)18/h1-6,9,19H,7-8,10H2. The summed E-state index contributed by atoms with van der Waals surface area (Å²) in [5.74, 6) is 0.321. The van der Waals surface area contributed by atoms with Crippen LogP contribution in [0.4, 0.5) is 10.1 Å². The Morgan fingerprint density at radius 3 is 2.42 bits per heavy atom. The van der Waals surface area contributed by atoms with Gasteiger partial charge in [0.15, 0.2) is 0 Å². The third-order valence-electron chi connectivity index (χ3n) is 2.84. The molecular formula is C15H14Cl2FN. The second-order valence-corrected chi connectivity index (χ2v) is 5.04. The van der Waals surface area contributed by atoms with E-state index < -0.39 is 0 Å². The summed E-state index contributed by atoms with van der Waals surface area (Å²) in [6.07, 6.45) is 0.855. The molecule has 0 atom stereocenters. The minimum Gasteiger partial charge on any atom is -0.381 e. The summed E-state index contributed by atoms with van der Waals surface area (Å²) in [5, 5.41) is 3.58. The van der Waals surface area contributed by atoms with Crippen molar-refractivity contribution >= 4 is 28.9 Å². The maximum absolute atomic E-state index is 13.6. The number of halogens is 3. The molecule has 100 valence electrons. The lowest BCUT2D eigenvalue weighted by molar-refractivity contribution is 0.613. The molecule has 0 amide bonds. The van der Waals surface area contributed by atoms with E-state index in [0.29, 0.717) is 23.0 Å². The number of hydrogen-bond acceptors (Lipinski definition) is 1. The van der Waals surface area contributed by atoms with Crippen LogP contribution in [-0.2, 0) is 13.0 Å². The third kappa shape index (κ3) is 4.12. The lowest BCUT2D eigenvalue weighted by atomic mass is 10.1. The predicted molar refractivity (Wildman–Crippen MR) is 79.6 cm³/mol. The van der Waals surface area contributed by atoms with Crippen molar-refractivity contribution in [2.45, 2.75) is 13.0 Å². The quantitative estimate of drug-likeness (QED) is 0.776. The molecule has 0 aliphatic heterocycles. The number of aryl methyl sites for hydroxylation is 1. The Morgan fingerprint density at radius 2 is 1.79 bits per heavy atom. The first-order valence-corrected chi connectivity index (χ1v) is 6.93. The zero-order valence-electron chi connectivity index (χ0n) is 10.3. The van der Waals surface area contributed by atoms with Gasteiger partial charge in [0.25, 0.3) is 0 Å². The van der Waals surface area contributed by atoms with Crippen LogP contribution in [0, 0.1) is 5.82 Å². The molecule has 0 unspecified atom stereocenters. The molecule has 2 rings (SSSR count). The van der Waals surface area contributed by atoms with Crippen LogP contribution >= 0.6 is 23.2 Å². The molecular weight excluding hydrogens is 284 g/mol. The highest BCUT2D eigenvalue weighted by molar-refractivity contribution is 6.30. The fourth-order valence-corrected chi connectivity index (χ4v) is 2.14. The molecule has 0 spiro atoms. The van der Waals surface area contributed by atoms with Crippen LogP contribution < -0.4 is 5.32 Å². The second kappa shape index (κ2) is 6.78. The highest BCUT2D eigenvalue weighted by Gasteiger charge is 2.02. The van der Waals surface area contributed by atoms with Gasteiger partial charge in [0.2, 0.25) is 0 Å². The first kappa shape index (κ1) is 14.2. The zero-order chi connectivity index (χ0) is 13.7. The van der Waals surface area contributed by atoms with Gasteiger partial charge < -0.3 is 5.32 Å². The first-order valence-electron chi connectivity index (χ1n) is 6.02. The minimum absolute atomic E-state index is 0.293. The lowest BCUT2D eigenvalue weighted by Crippen LogP contribution is -2.01. The van der Waals surface area contributed by atoms with E-state index in [-0.39, 0.29) is 5.82 Å². The van der Waals surface area contributed by atoms with Crippen LogP contribution in [0.3, 0.4) is 0 Å². The molecule has 0 radical (unpaired) electrons. The van der Waals surface area contributed by atoms with Crippen LogP contribution in [0.25, 0.3) is 0 Å². The molecule has 1 N–H and O–H groups in total. The van der Waals surface area contributed by atoms with Gasteiger partial charge in [-0.3, -0.25) is 0 Å². The van der Waals surface area contributed by atoms with Gasteiger partial charge in [-0.2, -0.15) is 0 Å². The summed E-state index contributed by atoms with van der Waals surface area (Å²) in [5.41, 5.74) is 2.74. The summed E-state index contributed by atoms with van der Waals surface area (Å²) in [4.78, 5) is 0. The molecule has 0 aromatic heterocycles. The second-order valence-electron chi connectivity index (χ2n) is 4.23. The average molecular weight is 298 g/mol. The number of rotatable bonds is 5. The normalized spacial score (nSPS) is 10.5. The van der Waals surface area contributed by atoms with Gasteiger partial charge in [-0.25, -0.2) is 4.39 Å². The van der Waals surface area contributed by atoms with E-state index >= 15 is 0 Å². The molecule has 2 aromatic rings. The van der Waals surface area contributed by atoms with Crippen molar-refractivity contribution in [2.75, 3.05) is 11.2 Å². The summed E-state index contributed by atoms with van der Waals surface area (Å²) < 4.78 is 13.6. The Balaban J connectivity index is 1.98. The van der Waals surface area contributed by atoms with Gasteiger partial charge in [-0.1, -0.05) is 29.8 Å². The van der Waals surface area contributed by atoms with E-state index in [9.17, 15) is 4.39 Å². The highest BCUT2D eigenvalue weighted by atomic mass is 35.5. The van der Waals surface area contributed by atoms with E-state index in [0.717, 1.165) is 12.1 Å². The van der Waals surface area contributed by atoms with Gasteiger partial charge in [0, 0.05) is 28.7 Å². The van der Waals surface area contributed by atoms with E-state index in [4.69, 9.17) is 23.2 Å². The Labute approximate surface area is 122 Å². The predicted octanol–water partition coefficient (Wildman–Crippen LogP) is 4.87. The molecule has 0 heterocycles. The molecule has 0 saturated carbocycles. The zero-order valence-corrected chi connectivity index (χ0v) is 11.8. The number of nitrogens with one attached hydrogen (secondary N) is 1. The Morgan fingerprint density at radius 1 is 1.05 bits per heavy atom. The SMILES string of the molecule is Fc1cc(Cl)ccc1CNc1ccc(CCCl)cc1. The molecule has 19 heavy (non-hydrogen) atoms. The highest BCUT2D eigenvalue weighted by Crippen LogP contribution is 2.17. The fraction of sp³-hybridized carbons (Fsp3) is 0.200. The van der Waals surface area contributed by atoms with Crippen molar-refractivity contribution in [3.05, 3.63) is 64.4 Å². The van der Waals surface area contributed by atoms with Gasteiger partial charge in [0.05, 0.1) is 0 Å². The monoisotopic (exact) mass is 297 g/mol. The first-order chi connectivity index (χ1) is 9.19. The van der Waals surface area contributed by atoms with Crippen molar-refractivity contribution in [3.8, 4) is 0 Å². The lowest BCUT2D eigenvalue weighted by Gasteiger charge is -2.08. The number of anilines is 1. The Bertz CT molecular complexity index is 540. The largest absolute Gasteiger partial charge is 0.381 e. The Kier molecular flexibility index (Phi) is 5.06. The molecule has 1 nitrogen and oxygen atoms in total. The topological polar surface area (TPSA) is 12.0 Å². The van der Waals surface area contributed by atoms with E-state index in [1.54, 1.807) is 12.1 Å². The van der Waals surface area contributed by atoms with Gasteiger partial charge >= 0.3 is 0 Å². The van der Waals surface area contributed by atoms with Crippen molar-refractivity contribution in [1.29, 1.82) is 0 Å². The van der Waals surface area contributed by atoms with Crippen molar-refractivity contribution in [2.24, 2.45) is 0 Å².